The summed E-state index contributed by atoms with van der Waals surface area (Å²) >= 11 is 7.68. The molecule has 1 aromatic heterocycles. The zero-order chi connectivity index (χ0) is 20.1. The summed E-state index contributed by atoms with van der Waals surface area (Å²) < 4.78 is 10.9. The van der Waals surface area contributed by atoms with Crippen molar-refractivity contribution in [3.63, 3.8) is 0 Å². The van der Waals surface area contributed by atoms with E-state index >= 15 is 0 Å². The predicted molar refractivity (Wildman–Crippen MR) is 113 cm³/mol. The molecule has 146 valence electrons. The van der Waals surface area contributed by atoms with Gasteiger partial charge in [-0.2, -0.15) is 0 Å². The first kappa shape index (κ1) is 20.2. The highest BCUT2D eigenvalue weighted by Crippen LogP contribution is 2.36. The Balaban J connectivity index is 1.74. The third-order valence-corrected chi connectivity index (χ3v) is 5.54. The van der Waals surface area contributed by atoms with Gasteiger partial charge in [0.15, 0.2) is 11.5 Å². The van der Waals surface area contributed by atoms with E-state index in [0.717, 1.165) is 16.1 Å². The number of benzene rings is 2. The van der Waals surface area contributed by atoms with Gasteiger partial charge in [0.05, 0.1) is 24.4 Å². The number of carbonyl (C=O) groups excluding carboxylic acids is 1. The molecular weight excluding hydrogens is 396 g/mol. The SMILES string of the molecule is CCOc1c(Cl)cc(CNC(=O)c2sc(-c3ccccc3)nc2C)cc1OC. The number of hydrogen-bond donors (Lipinski definition) is 1. The van der Waals surface area contributed by atoms with Crippen molar-refractivity contribution in [1.29, 1.82) is 0 Å². The fraction of sp³-hybridized carbons (Fsp3) is 0.238. The zero-order valence-corrected chi connectivity index (χ0v) is 17.5. The first-order valence-corrected chi connectivity index (χ1v) is 10.0. The van der Waals surface area contributed by atoms with E-state index in [2.05, 4.69) is 10.3 Å². The largest absolute Gasteiger partial charge is 0.493 e. The molecule has 1 N–H and O–H groups in total. The first-order chi connectivity index (χ1) is 13.5. The Morgan fingerprint density at radius 3 is 2.68 bits per heavy atom. The second-order valence-electron chi connectivity index (χ2n) is 6.02. The van der Waals surface area contributed by atoms with Crippen molar-refractivity contribution in [2.75, 3.05) is 13.7 Å². The van der Waals surface area contributed by atoms with Gasteiger partial charge in [-0.05, 0) is 31.5 Å². The van der Waals surface area contributed by atoms with E-state index in [1.807, 2.05) is 50.2 Å². The van der Waals surface area contributed by atoms with Crippen LogP contribution in [-0.2, 0) is 6.54 Å². The molecule has 0 fully saturated rings. The number of methoxy groups -OCH3 is 1. The van der Waals surface area contributed by atoms with Crippen LogP contribution in [0.25, 0.3) is 10.6 Å². The number of halogens is 1. The Bertz CT molecular complexity index is 973. The van der Waals surface area contributed by atoms with Crippen LogP contribution in [0.1, 0.15) is 27.9 Å². The maximum atomic E-state index is 12.7. The van der Waals surface area contributed by atoms with Crippen molar-refractivity contribution in [3.05, 3.63) is 63.6 Å². The van der Waals surface area contributed by atoms with Gasteiger partial charge in [0.25, 0.3) is 5.91 Å². The zero-order valence-electron chi connectivity index (χ0n) is 15.9. The lowest BCUT2D eigenvalue weighted by Gasteiger charge is -2.13. The molecule has 0 unspecified atom stereocenters. The molecule has 0 aliphatic carbocycles. The van der Waals surface area contributed by atoms with E-state index in [9.17, 15) is 4.79 Å². The predicted octanol–water partition coefficient (Wildman–Crippen LogP) is 5.11. The normalized spacial score (nSPS) is 10.6. The molecule has 3 aromatic rings. The number of rotatable bonds is 7. The number of nitrogens with zero attached hydrogens (tertiary/aromatic N) is 1. The molecular formula is C21H21ClN2O3S. The molecule has 0 saturated carbocycles. The van der Waals surface area contributed by atoms with E-state index in [0.29, 0.717) is 40.2 Å². The second-order valence-corrected chi connectivity index (χ2v) is 7.43. The Morgan fingerprint density at radius 2 is 2.00 bits per heavy atom. The number of carbonyl (C=O) groups is 1. The highest BCUT2D eigenvalue weighted by Gasteiger charge is 2.17. The maximum Gasteiger partial charge on any atom is 0.263 e. The van der Waals surface area contributed by atoms with Crippen LogP contribution in [0.3, 0.4) is 0 Å². The first-order valence-electron chi connectivity index (χ1n) is 8.83. The van der Waals surface area contributed by atoms with Gasteiger partial charge in [-0.25, -0.2) is 4.98 Å². The molecule has 0 radical (unpaired) electrons. The van der Waals surface area contributed by atoms with Crippen LogP contribution in [0.15, 0.2) is 42.5 Å². The summed E-state index contributed by atoms with van der Waals surface area (Å²) in [7, 11) is 1.56. The number of ether oxygens (including phenoxy) is 2. The number of hydrogen-bond acceptors (Lipinski definition) is 5. The molecule has 0 atom stereocenters. The van der Waals surface area contributed by atoms with Gasteiger partial charge in [-0.1, -0.05) is 41.9 Å². The lowest BCUT2D eigenvalue weighted by atomic mass is 10.2. The third-order valence-electron chi connectivity index (χ3n) is 4.05. The molecule has 2 aromatic carbocycles. The van der Waals surface area contributed by atoms with Crippen molar-refractivity contribution in [1.82, 2.24) is 10.3 Å². The summed E-state index contributed by atoms with van der Waals surface area (Å²) in [6.07, 6.45) is 0. The lowest BCUT2D eigenvalue weighted by Crippen LogP contribution is -2.22. The maximum absolute atomic E-state index is 12.7. The standard InChI is InChI=1S/C21H21ClN2O3S/c1-4-27-18-16(22)10-14(11-17(18)26-3)12-23-20(25)19-13(2)24-21(28-19)15-8-6-5-7-9-15/h5-11H,4,12H2,1-3H3,(H,23,25). The summed E-state index contributed by atoms with van der Waals surface area (Å²) in [6, 6.07) is 13.4. The van der Waals surface area contributed by atoms with E-state index < -0.39 is 0 Å². The van der Waals surface area contributed by atoms with Crippen LogP contribution in [0.5, 0.6) is 11.5 Å². The summed E-state index contributed by atoms with van der Waals surface area (Å²) in [5.74, 6) is 0.882. The molecule has 0 saturated heterocycles. The van der Waals surface area contributed by atoms with Gasteiger partial charge in [0.1, 0.15) is 9.88 Å². The highest BCUT2D eigenvalue weighted by atomic mass is 35.5. The fourth-order valence-electron chi connectivity index (χ4n) is 2.73. The smallest absolute Gasteiger partial charge is 0.263 e. The van der Waals surface area contributed by atoms with Crippen molar-refractivity contribution < 1.29 is 14.3 Å². The average Bonchev–Trinajstić information content (AvgIpc) is 3.10. The van der Waals surface area contributed by atoms with Crippen LogP contribution in [0.4, 0.5) is 0 Å². The molecule has 5 nitrogen and oxygen atoms in total. The van der Waals surface area contributed by atoms with Gasteiger partial charge in [-0.3, -0.25) is 4.79 Å². The molecule has 1 heterocycles. The van der Waals surface area contributed by atoms with Crippen LogP contribution in [-0.4, -0.2) is 24.6 Å². The van der Waals surface area contributed by atoms with Crippen molar-refractivity contribution >= 4 is 28.8 Å². The molecule has 7 heteroatoms. The van der Waals surface area contributed by atoms with E-state index in [1.54, 1.807) is 13.2 Å². The molecule has 0 spiro atoms. The van der Waals surface area contributed by atoms with E-state index in [-0.39, 0.29) is 5.91 Å². The van der Waals surface area contributed by atoms with Crippen LogP contribution < -0.4 is 14.8 Å². The van der Waals surface area contributed by atoms with E-state index in [4.69, 9.17) is 21.1 Å². The monoisotopic (exact) mass is 416 g/mol. The van der Waals surface area contributed by atoms with Crippen LogP contribution in [0.2, 0.25) is 5.02 Å². The number of aromatic nitrogens is 1. The van der Waals surface area contributed by atoms with Gasteiger partial charge in [-0.15, -0.1) is 11.3 Å². The summed E-state index contributed by atoms with van der Waals surface area (Å²) in [5.41, 5.74) is 2.53. The Labute approximate surface area is 173 Å². The Kier molecular flexibility index (Phi) is 6.54. The Hall–Kier alpha value is -2.57. The molecule has 0 bridgehead atoms. The minimum Gasteiger partial charge on any atom is -0.493 e. The highest BCUT2D eigenvalue weighted by molar-refractivity contribution is 7.17. The minimum absolute atomic E-state index is 0.166. The lowest BCUT2D eigenvalue weighted by molar-refractivity contribution is 0.0954. The second kappa shape index (κ2) is 9.08. The van der Waals surface area contributed by atoms with Gasteiger partial charge in [0, 0.05) is 12.1 Å². The number of thiazole rings is 1. The van der Waals surface area contributed by atoms with Crippen LogP contribution >= 0.6 is 22.9 Å². The van der Waals surface area contributed by atoms with Gasteiger partial charge < -0.3 is 14.8 Å². The Morgan fingerprint density at radius 1 is 1.25 bits per heavy atom. The number of nitrogens with one attached hydrogen (secondary N) is 1. The average molecular weight is 417 g/mol. The molecule has 0 aliphatic heterocycles. The van der Waals surface area contributed by atoms with Crippen molar-refractivity contribution in [2.45, 2.75) is 20.4 Å². The van der Waals surface area contributed by atoms with Gasteiger partial charge in [0.2, 0.25) is 0 Å². The molecule has 3 rings (SSSR count). The number of amides is 1. The van der Waals surface area contributed by atoms with Crippen molar-refractivity contribution in [3.8, 4) is 22.1 Å². The van der Waals surface area contributed by atoms with Gasteiger partial charge >= 0.3 is 0 Å². The third kappa shape index (κ3) is 4.46. The molecule has 0 aliphatic rings. The molecule has 1 amide bonds. The summed E-state index contributed by atoms with van der Waals surface area (Å²) in [4.78, 5) is 17.8. The fourth-order valence-corrected chi connectivity index (χ4v) is 4.01. The minimum atomic E-state index is -0.166. The topological polar surface area (TPSA) is 60.5 Å². The quantitative estimate of drug-likeness (QED) is 0.581. The van der Waals surface area contributed by atoms with Crippen molar-refractivity contribution in [2.24, 2.45) is 0 Å². The summed E-state index contributed by atoms with van der Waals surface area (Å²) in [6.45, 7) is 4.53. The van der Waals surface area contributed by atoms with Crippen LogP contribution in [0, 0.1) is 6.92 Å². The van der Waals surface area contributed by atoms with E-state index in [1.165, 1.54) is 11.3 Å². The summed E-state index contributed by atoms with van der Waals surface area (Å²) in [5, 5.41) is 4.20. The number of aryl methyl sites for hydroxylation is 1. The molecule has 28 heavy (non-hydrogen) atoms.